The van der Waals surface area contributed by atoms with Crippen LogP contribution in [0.25, 0.3) is 0 Å². The fourth-order valence-electron chi connectivity index (χ4n) is 1.32. The first-order valence-corrected chi connectivity index (χ1v) is 4.67. The molecule has 2 rings (SSSR count). The van der Waals surface area contributed by atoms with Gasteiger partial charge in [-0.05, 0) is 24.6 Å². The standard InChI is InChI=1S/C11H9F2N3/c1-7-3-2-4-8(5-7)14-10-6-9(12)15-11(13)16-10/h2-6H,1H3,(H,14,15,16). The van der Waals surface area contributed by atoms with Crippen LogP contribution in [0.15, 0.2) is 30.3 Å². The van der Waals surface area contributed by atoms with E-state index in [4.69, 9.17) is 0 Å². The van der Waals surface area contributed by atoms with Crippen molar-refractivity contribution in [3.05, 3.63) is 47.9 Å². The van der Waals surface area contributed by atoms with Crippen molar-refractivity contribution in [2.45, 2.75) is 6.92 Å². The highest BCUT2D eigenvalue weighted by Crippen LogP contribution is 2.15. The Morgan fingerprint density at radius 3 is 2.62 bits per heavy atom. The summed E-state index contributed by atoms with van der Waals surface area (Å²) in [6.07, 6.45) is -1.09. The summed E-state index contributed by atoms with van der Waals surface area (Å²) in [5.74, 6) is -0.807. The topological polar surface area (TPSA) is 37.8 Å². The van der Waals surface area contributed by atoms with E-state index in [1.54, 1.807) is 6.07 Å². The van der Waals surface area contributed by atoms with Crippen molar-refractivity contribution in [1.29, 1.82) is 0 Å². The molecule has 1 heterocycles. The van der Waals surface area contributed by atoms with E-state index in [2.05, 4.69) is 15.3 Å². The van der Waals surface area contributed by atoms with E-state index in [0.29, 0.717) is 0 Å². The van der Waals surface area contributed by atoms with Crippen molar-refractivity contribution >= 4 is 11.5 Å². The molecule has 82 valence electrons. The Kier molecular flexibility index (Phi) is 2.76. The van der Waals surface area contributed by atoms with Crippen LogP contribution in [0.5, 0.6) is 0 Å². The van der Waals surface area contributed by atoms with Crippen LogP contribution in [0.2, 0.25) is 0 Å². The number of hydrogen-bond acceptors (Lipinski definition) is 3. The van der Waals surface area contributed by atoms with Gasteiger partial charge in [0.1, 0.15) is 5.82 Å². The average molecular weight is 221 g/mol. The molecule has 1 aromatic carbocycles. The Balaban J connectivity index is 2.27. The van der Waals surface area contributed by atoms with Crippen LogP contribution in [-0.4, -0.2) is 9.97 Å². The molecule has 0 atom stereocenters. The lowest BCUT2D eigenvalue weighted by Gasteiger charge is -2.05. The highest BCUT2D eigenvalue weighted by atomic mass is 19.1. The Bertz CT molecular complexity index is 494. The summed E-state index contributed by atoms with van der Waals surface area (Å²) in [5.41, 5.74) is 1.76. The zero-order valence-corrected chi connectivity index (χ0v) is 8.54. The molecule has 5 heteroatoms. The van der Waals surface area contributed by atoms with Gasteiger partial charge >= 0.3 is 6.08 Å². The van der Waals surface area contributed by atoms with Crippen molar-refractivity contribution in [3.63, 3.8) is 0 Å². The molecule has 0 fully saturated rings. The third kappa shape index (κ3) is 2.50. The van der Waals surface area contributed by atoms with Crippen LogP contribution in [0.4, 0.5) is 20.3 Å². The van der Waals surface area contributed by atoms with Crippen LogP contribution >= 0.6 is 0 Å². The summed E-state index contributed by atoms with van der Waals surface area (Å²) in [4.78, 5) is 6.34. The Labute approximate surface area is 91.2 Å². The van der Waals surface area contributed by atoms with Gasteiger partial charge in [-0.15, -0.1) is 0 Å². The summed E-state index contributed by atoms with van der Waals surface area (Å²) >= 11 is 0. The Hall–Kier alpha value is -2.04. The number of aryl methyl sites for hydroxylation is 1. The monoisotopic (exact) mass is 221 g/mol. The third-order valence-electron chi connectivity index (χ3n) is 1.96. The second kappa shape index (κ2) is 4.22. The molecule has 0 spiro atoms. The molecule has 3 nitrogen and oxygen atoms in total. The fraction of sp³-hybridized carbons (Fsp3) is 0.0909. The largest absolute Gasteiger partial charge is 0.340 e. The Morgan fingerprint density at radius 1 is 1.12 bits per heavy atom. The summed E-state index contributed by atoms with van der Waals surface area (Å²) in [6.45, 7) is 1.92. The third-order valence-corrected chi connectivity index (χ3v) is 1.96. The smallest absolute Gasteiger partial charge is 0.313 e. The minimum Gasteiger partial charge on any atom is -0.340 e. The lowest BCUT2D eigenvalue weighted by Crippen LogP contribution is -1.99. The van der Waals surface area contributed by atoms with Crippen molar-refractivity contribution < 1.29 is 8.78 Å². The molecule has 0 saturated carbocycles. The first-order chi connectivity index (χ1) is 7.63. The molecule has 0 radical (unpaired) electrons. The molecular formula is C11H9F2N3. The highest BCUT2D eigenvalue weighted by Gasteiger charge is 2.03. The number of halogens is 2. The maximum absolute atomic E-state index is 12.8. The van der Waals surface area contributed by atoms with Crippen LogP contribution in [0, 0.1) is 18.9 Å². The van der Waals surface area contributed by atoms with E-state index >= 15 is 0 Å². The van der Waals surface area contributed by atoms with Gasteiger partial charge in [0.2, 0.25) is 5.95 Å². The number of hydrogen-bond donors (Lipinski definition) is 1. The number of nitrogens with one attached hydrogen (secondary N) is 1. The van der Waals surface area contributed by atoms with E-state index in [1.807, 2.05) is 25.1 Å². The van der Waals surface area contributed by atoms with E-state index in [9.17, 15) is 8.78 Å². The normalized spacial score (nSPS) is 10.2. The molecule has 0 aliphatic rings. The van der Waals surface area contributed by atoms with Crippen LogP contribution in [0.1, 0.15) is 5.56 Å². The lowest BCUT2D eigenvalue weighted by molar-refractivity contribution is 0.485. The van der Waals surface area contributed by atoms with Crippen LogP contribution in [0.3, 0.4) is 0 Å². The van der Waals surface area contributed by atoms with Gasteiger partial charge in [0.05, 0.1) is 0 Å². The molecule has 0 aliphatic heterocycles. The zero-order valence-electron chi connectivity index (χ0n) is 8.54. The summed E-state index contributed by atoms with van der Waals surface area (Å²) in [6, 6.07) is 8.42. The van der Waals surface area contributed by atoms with Gasteiger partial charge in [0.25, 0.3) is 0 Å². The van der Waals surface area contributed by atoms with E-state index in [1.165, 1.54) is 0 Å². The molecule has 1 aromatic heterocycles. The minimum atomic E-state index is -1.09. The molecule has 0 bridgehead atoms. The Morgan fingerprint density at radius 2 is 1.94 bits per heavy atom. The summed E-state index contributed by atoms with van der Waals surface area (Å²) < 4.78 is 25.5. The number of aromatic nitrogens is 2. The molecule has 1 N–H and O–H groups in total. The second-order valence-electron chi connectivity index (χ2n) is 3.34. The molecule has 0 aliphatic carbocycles. The SMILES string of the molecule is Cc1cccc(Nc2cc(F)nc(F)n2)c1. The van der Waals surface area contributed by atoms with Gasteiger partial charge in [-0.1, -0.05) is 12.1 Å². The second-order valence-corrected chi connectivity index (χ2v) is 3.34. The van der Waals surface area contributed by atoms with Gasteiger partial charge in [0.15, 0.2) is 0 Å². The maximum Gasteiger partial charge on any atom is 0.313 e. The molecule has 0 saturated heterocycles. The molecule has 16 heavy (non-hydrogen) atoms. The van der Waals surface area contributed by atoms with Crippen molar-refractivity contribution in [3.8, 4) is 0 Å². The molecule has 0 amide bonds. The van der Waals surface area contributed by atoms with Crippen LogP contribution in [-0.2, 0) is 0 Å². The number of rotatable bonds is 2. The van der Waals surface area contributed by atoms with Gasteiger partial charge in [-0.2, -0.15) is 18.7 Å². The van der Waals surface area contributed by atoms with E-state index < -0.39 is 12.0 Å². The van der Waals surface area contributed by atoms with Crippen LogP contribution < -0.4 is 5.32 Å². The minimum absolute atomic E-state index is 0.0931. The van der Waals surface area contributed by atoms with Gasteiger partial charge < -0.3 is 5.32 Å². The average Bonchev–Trinajstić information content (AvgIpc) is 2.15. The number of nitrogens with zero attached hydrogens (tertiary/aromatic N) is 2. The first kappa shape index (κ1) is 10.5. The van der Waals surface area contributed by atoms with Gasteiger partial charge in [-0.3, -0.25) is 0 Å². The quantitative estimate of drug-likeness (QED) is 0.626. The maximum atomic E-state index is 12.8. The molecule has 0 unspecified atom stereocenters. The first-order valence-electron chi connectivity index (χ1n) is 4.67. The molecular weight excluding hydrogens is 212 g/mol. The van der Waals surface area contributed by atoms with Crippen molar-refractivity contribution in [1.82, 2.24) is 9.97 Å². The number of anilines is 2. The van der Waals surface area contributed by atoms with Crippen molar-refractivity contribution in [2.24, 2.45) is 0 Å². The number of benzene rings is 1. The zero-order chi connectivity index (χ0) is 11.5. The summed E-state index contributed by atoms with van der Waals surface area (Å²) in [7, 11) is 0. The van der Waals surface area contributed by atoms with Crippen molar-refractivity contribution in [2.75, 3.05) is 5.32 Å². The molecule has 2 aromatic rings. The fourth-order valence-corrected chi connectivity index (χ4v) is 1.32. The summed E-state index contributed by atoms with van der Waals surface area (Å²) in [5, 5.41) is 2.80. The lowest BCUT2D eigenvalue weighted by atomic mass is 10.2. The van der Waals surface area contributed by atoms with Gasteiger partial charge in [-0.25, -0.2) is 0 Å². The highest BCUT2D eigenvalue weighted by molar-refractivity contribution is 5.56. The van der Waals surface area contributed by atoms with Gasteiger partial charge in [0, 0.05) is 11.8 Å². The predicted molar refractivity (Wildman–Crippen MR) is 56.4 cm³/mol. The predicted octanol–water partition coefficient (Wildman–Crippen LogP) is 2.81. The van der Waals surface area contributed by atoms with E-state index in [0.717, 1.165) is 17.3 Å². The van der Waals surface area contributed by atoms with E-state index in [-0.39, 0.29) is 5.82 Å².